The first-order valence-corrected chi connectivity index (χ1v) is 10.0. The van der Waals surface area contributed by atoms with Gasteiger partial charge in [0.2, 0.25) is 11.8 Å². The Bertz CT molecular complexity index is 704. The van der Waals surface area contributed by atoms with Crippen molar-refractivity contribution in [3.8, 4) is 0 Å². The van der Waals surface area contributed by atoms with Crippen molar-refractivity contribution in [3.05, 3.63) is 48.0 Å². The Balaban J connectivity index is 1.94. The second-order valence-corrected chi connectivity index (χ2v) is 7.33. The van der Waals surface area contributed by atoms with Gasteiger partial charge in [-0.05, 0) is 31.7 Å². The van der Waals surface area contributed by atoms with Crippen molar-refractivity contribution in [1.29, 1.82) is 0 Å². The Kier molecular flexibility index (Phi) is 9.37. The van der Waals surface area contributed by atoms with E-state index >= 15 is 0 Å². The van der Waals surface area contributed by atoms with Crippen LogP contribution in [0.1, 0.15) is 38.2 Å². The number of benzene rings is 1. The molecule has 1 aromatic rings. The molecule has 1 aromatic carbocycles. The molecule has 0 fully saturated rings. The molecule has 3 unspecified atom stereocenters. The SMILES string of the molecule is CC1CNC(=O)C(CC(=O)NC(CO)Cc2ccccc2)CC=CCCC(=O)O1. The van der Waals surface area contributed by atoms with Crippen molar-refractivity contribution in [1.82, 2.24) is 10.6 Å². The normalized spacial score (nSPS) is 21.9. The summed E-state index contributed by atoms with van der Waals surface area (Å²) in [7, 11) is 0. The molecule has 2 rings (SSSR count). The molecule has 0 aromatic heterocycles. The van der Waals surface area contributed by atoms with Crippen molar-refractivity contribution in [3.63, 3.8) is 0 Å². The molecule has 0 aliphatic carbocycles. The van der Waals surface area contributed by atoms with Crippen LogP contribution in [-0.4, -0.2) is 48.2 Å². The lowest BCUT2D eigenvalue weighted by atomic mass is 9.98. The van der Waals surface area contributed by atoms with E-state index in [9.17, 15) is 19.5 Å². The van der Waals surface area contributed by atoms with Crippen molar-refractivity contribution < 1.29 is 24.2 Å². The van der Waals surface area contributed by atoms with Gasteiger partial charge in [0.15, 0.2) is 0 Å². The number of hydrogen-bond donors (Lipinski definition) is 3. The first-order chi connectivity index (χ1) is 14.0. The molecule has 3 N–H and O–H groups in total. The van der Waals surface area contributed by atoms with Gasteiger partial charge in [-0.15, -0.1) is 0 Å². The highest BCUT2D eigenvalue weighted by atomic mass is 16.5. The predicted octanol–water partition coefficient (Wildman–Crippen LogP) is 1.50. The van der Waals surface area contributed by atoms with Gasteiger partial charge in [0, 0.05) is 12.8 Å². The summed E-state index contributed by atoms with van der Waals surface area (Å²) in [6.07, 6.45) is 5.01. The number of carbonyl (C=O) groups is 3. The number of rotatable bonds is 6. The average molecular weight is 402 g/mol. The van der Waals surface area contributed by atoms with Crippen LogP contribution in [0.5, 0.6) is 0 Å². The van der Waals surface area contributed by atoms with Gasteiger partial charge in [-0.1, -0.05) is 42.5 Å². The second-order valence-electron chi connectivity index (χ2n) is 7.33. The Labute approximate surface area is 171 Å². The fraction of sp³-hybridized carbons (Fsp3) is 0.500. The zero-order valence-electron chi connectivity index (χ0n) is 16.8. The number of nitrogens with one attached hydrogen (secondary N) is 2. The molecule has 2 amide bonds. The third-order valence-corrected chi connectivity index (χ3v) is 4.71. The number of carbonyl (C=O) groups excluding carboxylic acids is 3. The van der Waals surface area contributed by atoms with E-state index in [-0.39, 0.29) is 43.8 Å². The van der Waals surface area contributed by atoms with E-state index in [2.05, 4.69) is 10.6 Å². The molecule has 0 radical (unpaired) electrons. The first-order valence-electron chi connectivity index (χ1n) is 10.0. The van der Waals surface area contributed by atoms with Crippen LogP contribution in [0, 0.1) is 5.92 Å². The van der Waals surface area contributed by atoms with Gasteiger partial charge < -0.3 is 20.5 Å². The molecule has 7 heteroatoms. The molecule has 1 aliphatic rings. The van der Waals surface area contributed by atoms with E-state index in [1.165, 1.54) is 0 Å². The van der Waals surface area contributed by atoms with Gasteiger partial charge in [0.05, 0.1) is 25.1 Å². The van der Waals surface area contributed by atoms with Crippen LogP contribution in [-0.2, 0) is 25.5 Å². The molecule has 0 spiro atoms. The Hall–Kier alpha value is -2.67. The highest BCUT2D eigenvalue weighted by Gasteiger charge is 2.23. The average Bonchev–Trinajstić information content (AvgIpc) is 2.70. The molecular formula is C22H30N2O5. The number of ether oxygens (including phenoxy) is 1. The Morgan fingerprint density at radius 3 is 2.76 bits per heavy atom. The molecule has 0 saturated heterocycles. The summed E-state index contributed by atoms with van der Waals surface area (Å²) in [6.45, 7) is 1.75. The van der Waals surface area contributed by atoms with Crippen LogP contribution in [0.3, 0.4) is 0 Å². The maximum absolute atomic E-state index is 12.5. The number of hydrogen-bond acceptors (Lipinski definition) is 5. The number of allylic oxidation sites excluding steroid dienone is 2. The van der Waals surface area contributed by atoms with Gasteiger partial charge in [0.25, 0.3) is 0 Å². The molecule has 1 heterocycles. The van der Waals surface area contributed by atoms with E-state index in [0.717, 1.165) is 5.56 Å². The molecule has 7 nitrogen and oxygen atoms in total. The predicted molar refractivity (Wildman–Crippen MR) is 109 cm³/mol. The molecule has 0 saturated carbocycles. The van der Waals surface area contributed by atoms with Crippen LogP contribution in [0.25, 0.3) is 0 Å². The zero-order valence-corrected chi connectivity index (χ0v) is 16.8. The minimum atomic E-state index is -0.523. The zero-order chi connectivity index (χ0) is 21.1. The topological polar surface area (TPSA) is 105 Å². The summed E-state index contributed by atoms with van der Waals surface area (Å²) < 4.78 is 5.22. The lowest BCUT2D eigenvalue weighted by Gasteiger charge is -2.21. The lowest BCUT2D eigenvalue weighted by molar-refractivity contribution is -0.148. The standard InChI is InChI=1S/C22H30N2O5/c1-16-14-23-22(28)18(10-6-3-7-11-21(27)29-16)13-20(26)24-19(15-25)12-17-8-4-2-5-9-17/h2-6,8-9,16,18-19,25H,7,10-15H2,1H3,(H,23,28)(H,24,26). The maximum Gasteiger partial charge on any atom is 0.306 e. The quantitative estimate of drug-likeness (QED) is 0.494. The summed E-state index contributed by atoms with van der Waals surface area (Å²) in [4.78, 5) is 36.6. The van der Waals surface area contributed by atoms with E-state index in [1.807, 2.05) is 42.5 Å². The molecule has 29 heavy (non-hydrogen) atoms. The molecule has 1 aliphatic heterocycles. The summed E-state index contributed by atoms with van der Waals surface area (Å²) in [5, 5.41) is 15.2. The third kappa shape index (κ3) is 8.48. The highest BCUT2D eigenvalue weighted by molar-refractivity contribution is 5.86. The Morgan fingerprint density at radius 2 is 2.03 bits per heavy atom. The van der Waals surface area contributed by atoms with Gasteiger partial charge in [-0.2, -0.15) is 0 Å². The van der Waals surface area contributed by atoms with Crippen LogP contribution < -0.4 is 10.6 Å². The van der Waals surface area contributed by atoms with Crippen LogP contribution in [0.4, 0.5) is 0 Å². The third-order valence-electron chi connectivity index (χ3n) is 4.71. The van der Waals surface area contributed by atoms with Gasteiger partial charge >= 0.3 is 5.97 Å². The maximum atomic E-state index is 12.5. The van der Waals surface area contributed by atoms with E-state index in [0.29, 0.717) is 19.3 Å². The second kappa shape index (κ2) is 12.0. The van der Waals surface area contributed by atoms with Crippen molar-refractivity contribution in [2.75, 3.05) is 13.2 Å². The summed E-state index contributed by atoms with van der Waals surface area (Å²) in [6, 6.07) is 9.20. The summed E-state index contributed by atoms with van der Waals surface area (Å²) in [5.41, 5.74) is 1.02. The largest absolute Gasteiger partial charge is 0.461 e. The van der Waals surface area contributed by atoms with E-state index in [4.69, 9.17) is 4.74 Å². The van der Waals surface area contributed by atoms with Crippen LogP contribution >= 0.6 is 0 Å². The lowest BCUT2D eigenvalue weighted by Crippen LogP contribution is -2.42. The number of esters is 1. The number of aliphatic hydroxyl groups excluding tert-OH is 1. The molecule has 0 bridgehead atoms. The monoisotopic (exact) mass is 402 g/mol. The number of aliphatic hydroxyl groups is 1. The van der Waals surface area contributed by atoms with Crippen molar-refractivity contribution in [2.45, 2.75) is 51.2 Å². The molecule has 158 valence electrons. The smallest absolute Gasteiger partial charge is 0.306 e. The highest BCUT2D eigenvalue weighted by Crippen LogP contribution is 2.13. The Morgan fingerprint density at radius 1 is 1.28 bits per heavy atom. The van der Waals surface area contributed by atoms with Crippen molar-refractivity contribution >= 4 is 17.8 Å². The fourth-order valence-corrected chi connectivity index (χ4v) is 3.15. The minimum absolute atomic E-state index is 0.0234. The number of cyclic esters (lactones) is 1. The molecular weight excluding hydrogens is 372 g/mol. The van der Waals surface area contributed by atoms with E-state index in [1.54, 1.807) is 6.92 Å². The minimum Gasteiger partial charge on any atom is -0.461 e. The first kappa shape index (κ1) is 22.6. The number of amides is 2. The van der Waals surface area contributed by atoms with Gasteiger partial charge in [-0.25, -0.2) is 0 Å². The van der Waals surface area contributed by atoms with Crippen LogP contribution in [0.15, 0.2) is 42.5 Å². The summed E-state index contributed by atoms with van der Waals surface area (Å²) >= 11 is 0. The molecule has 3 atom stereocenters. The van der Waals surface area contributed by atoms with Gasteiger partial charge in [0.1, 0.15) is 6.10 Å². The fourth-order valence-electron chi connectivity index (χ4n) is 3.15. The van der Waals surface area contributed by atoms with Crippen LogP contribution in [0.2, 0.25) is 0 Å². The van der Waals surface area contributed by atoms with Crippen molar-refractivity contribution in [2.24, 2.45) is 5.92 Å². The van der Waals surface area contributed by atoms with Gasteiger partial charge in [-0.3, -0.25) is 14.4 Å². The van der Waals surface area contributed by atoms with E-state index < -0.39 is 18.1 Å². The summed E-state index contributed by atoms with van der Waals surface area (Å²) in [5.74, 6) is -1.34.